The Balaban J connectivity index is 2.99. The number of aromatic nitrogens is 1. The highest BCUT2D eigenvalue weighted by Gasteiger charge is 1.95. The molecule has 0 fully saturated rings. The molecule has 0 unspecified atom stereocenters. The minimum Gasteiger partial charge on any atom is -0.327 e. The first-order chi connectivity index (χ1) is 5.88. The molecule has 60 valence electrons. The van der Waals surface area contributed by atoms with Crippen molar-refractivity contribution in [3.05, 3.63) is 35.7 Å². The SMILES string of the molecule is N#Cc1ncccc1C=CCN. The molecule has 0 aliphatic carbocycles. The van der Waals surface area contributed by atoms with Gasteiger partial charge in [0, 0.05) is 18.3 Å². The monoisotopic (exact) mass is 159 g/mol. The minimum atomic E-state index is 0.433. The van der Waals surface area contributed by atoms with Crippen molar-refractivity contribution in [3.8, 4) is 6.07 Å². The van der Waals surface area contributed by atoms with E-state index in [1.807, 2.05) is 12.1 Å². The van der Waals surface area contributed by atoms with Crippen LogP contribution in [0.25, 0.3) is 6.08 Å². The highest BCUT2D eigenvalue weighted by Crippen LogP contribution is 2.05. The Labute approximate surface area is 71.2 Å². The van der Waals surface area contributed by atoms with E-state index < -0.39 is 0 Å². The fraction of sp³-hybridized carbons (Fsp3) is 0.111. The lowest BCUT2D eigenvalue weighted by atomic mass is 10.2. The maximum atomic E-state index is 8.64. The van der Waals surface area contributed by atoms with Gasteiger partial charge in [-0.2, -0.15) is 5.26 Å². The predicted molar refractivity (Wildman–Crippen MR) is 47.0 cm³/mol. The van der Waals surface area contributed by atoms with E-state index in [1.54, 1.807) is 24.4 Å². The van der Waals surface area contributed by atoms with Gasteiger partial charge in [-0.3, -0.25) is 0 Å². The predicted octanol–water partition coefficient (Wildman–Crippen LogP) is 0.925. The van der Waals surface area contributed by atoms with E-state index in [1.165, 1.54) is 0 Å². The van der Waals surface area contributed by atoms with E-state index in [0.29, 0.717) is 12.2 Å². The molecule has 3 heteroatoms. The molecule has 0 atom stereocenters. The summed E-state index contributed by atoms with van der Waals surface area (Å²) in [4.78, 5) is 3.90. The molecule has 2 N–H and O–H groups in total. The smallest absolute Gasteiger partial charge is 0.147 e. The van der Waals surface area contributed by atoms with Crippen LogP contribution >= 0.6 is 0 Å². The van der Waals surface area contributed by atoms with Crippen molar-refractivity contribution >= 4 is 6.08 Å². The number of nitriles is 1. The fourth-order valence-electron chi connectivity index (χ4n) is 0.841. The van der Waals surface area contributed by atoms with Crippen LogP contribution in [0.15, 0.2) is 24.4 Å². The van der Waals surface area contributed by atoms with Crippen molar-refractivity contribution in [2.24, 2.45) is 5.73 Å². The maximum absolute atomic E-state index is 8.64. The van der Waals surface area contributed by atoms with Gasteiger partial charge in [0.15, 0.2) is 0 Å². The molecule has 1 rings (SSSR count). The molecule has 0 aliphatic heterocycles. The summed E-state index contributed by atoms with van der Waals surface area (Å²) in [6, 6.07) is 5.62. The Kier molecular flexibility index (Phi) is 3.00. The molecule has 0 saturated heterocycles. The Morgan fingerprint density at radius 2 is 2.50 bits per heavy atom. The van der Waals surface area contributed by atoms with Gasteiger partial charge in [0.2, 0.25) is 0 Å². The molecule has 12 heavy (non-hydrogen) atoms. The highest BCUT2D eigenvalue weighted by atomic mass is 14.7. The molecule has 0 saturated carbocycles. The van der Waals surface area contributed by atoms with Gasteiger partial charge in [-0.25, -0.2) is 4.98 Å². The topological polar surface area (TPSA) is 62.7 Å². The molecule has 0 spiro atoms. The average Bonchev–Trinajstić information content (AvgIpc) is 2.15. The van der Waals surface area contributed by atoms with Crippen LogP contribution in [0.4, 0.5) is 0 Å². The third-order valence-electron chi connectivity index (χ3n) is 1.38. The van der Waals surface area contributed by atoms with Gasteiger partial charge >= 0.3 is 0 Å². The minimum absolute atomic E-state index is 0.433. The van der Waals surface area contributed by atoms with Crippen LogP contribution < -0.4 is 5.73 Å². The fourth-order valence-corrected chi connectivity index (χ4v) is 0.841. The maximum Gasteiger partial charge on any atom is 0.147 e. The van der Waals surface area contributed by atoms with Gasteiger partial charge in [-0.05, 0) is 6.07 Å². The largest absolute Gasteiger partial charge is 0.327 e. The average molecular weight is 159 g/mol. The van der Waals surface area contributed by atoms with Gasteiger partial charge in [0.25, 0.3) is 0 Å². The second-order valence-electron chi connectivity index (χ2n) is 2.19. The molecule has 0 radical (unpaired) electrons. The van der Waals surface area contributed by atoms with Crippen molar-refractivity contribution in [1.29, 1.82) is 5.26 Å². The first-order valence-electron chi connectivity index (χ1n) is 3.60. The normalized spacial score (nSPS) is 10.0. The molecule has 1 aromatic rings. The van der Waals surface area contributed by atoms with Crippen LogP contribution in [0.3, 0.4) is 0 Å². The molecular weight excluding hydrogens is 150 g/mol. The van der Waals surface area contributed by atoms with Crippen molar-refractivity contribution in [2.45, 2.75) is 0 Å². The van der Waals surface area contributed by atoms with Gasteiger partial charge in [0.05, 0.1) is 0 Å². The number of pyridine rings is 1. The van der Waals surface area contributed by atoms with Crippen molar-refractivity contribution in [2.75, 3.05) is 6.54 Å². The second-order valence-corrected chi connectivity index (χ2v) is 2.19. The third kappa shape index (κ3) is 1.91. The summed E-state index contributed by atoms with van der Waals surface area (Å²) in [5.74, 6) is 0. The number of rotatable bonds is 2. The van der Waals surface area contributed by atoms with Gasteiger partial charge in [-0.15, -0.1) is 0 Å². The van der Waals surface area contributed by atoms with Crippen LogP contribution in [0.1, 0.15) is 11.3 Å². The quantitative estimate of drug-likeness (QED) is 0.698. The zero-order valence-corrected chi connectivity index (χ0v) is 6.57. The summed E-state index contributed by atoms with van der Waals surface area (Å²) in [7, 11) is 0. The lowest BCUT2D eigenvalue weighted by molar-refractivity contribution is 1.24. The Hall–Kier alpha value is -1.66. The van der Waals surface area contributed by atoms with E-state index in [4.69, 9.17) is 11.0 Å². The summed E-state index contributed by atoms with van der Waals surface area (Å²) >= 11 is 0. The first kappa shape index (κ1) is 8.44. The van der Waals surface area contributed by atoms with Gasteiger partial charge in [0.1, 0.15) is 11.8 Å². The molecule has 3 nitrogen and oxygen atoms in total. The zero-order chi connectivity index (χ0) is 8.81. The first-order valence-corrected chi connectivity index (χ1v) is 3.60. The number of nitrogens with zero attached hydrogens (tertiary/aromatic N) is 2. The summed E-state index contributed by atoms with van der Waals surface area (Å²) in [5.41, 5.74) is 6.52. The standard InChI is InChI=1S/C9H9N3/c10-5-1-3-8-4-2-6-12-9(8)7-11/h1-4,6H,5,10H2. The van der Waals surface area contributed by atoms with E-state index in [-0.39, 0.29) is 0 Å². The van der Waals surface area contributed by atoms with Crippen LogP contribution in [0, 0.1) is 11.3 Å². The molecule has 1 heterocycles. The van der Waals surface area contributed by atoms with E-state index >= 15 is 0 Å². The summed E-state index contributed by atoms with van der Waals surface area (Å²) in [5, 5.41) is 8.64. The summed E-state index contributed by atoms with van der Waals surface area (Å²) in [6.45, 7) is 0.472. The Bertz CT molecular complexity index is 323. The summed E-state index contributed by atoms with van der Waals surface area (Å²) < 4.78 is 0. The van der Waals surface area contributed by atoms with Crippen molar-refractivity contribution in [3.63, 3.8) is 0 Å². The van der Waals surface area contributed by atoms with Crippen LogP contribution in [-0.4, -0.2) is 11.5 Å². The lowest BCUT2D eigenvalue weighted by Crippen LogP contribution is -1.93. The number of hydrogen-bond acceptors (Lipinski definition) is 3. The number of nitrogens with two attached hydrogens (primary N) is 1. The molecule has 0 bridgehead atoms. The molecule has 0 aromatic carbocycles. The van der Waals surface area contributed by atoms with Crippen molar-refractivity contribution in [1.82, 2.24) is 4.98 Å². The van der Waals surface area contributed by atoms with E-state index in [2.05, 4.69) is 4.98 Å². The second kappa shape index (κ2) is 4.27. The van der Waals surface area contributed by atoms with Gasteiger partial charge < -0.3 is 5.73 Å². The highest BCUT2D eigenvalue weighted by molar-refractivity contribution is 5.55. The third-order valence-corrected chi connectivity index (χ3v) is 1.38. The molecular formula is C9H9N3. The van der Waals surface area contributed by atoms with E-state index in [9.17, 15) is 0 Å². The summed E-state index contributed by atoms with van der Waals surface area (Å²) in [6.07, 6.45) is 5.18. The Morgan fingerprint density at radius 1 is 1.67 bits per heavy atom. The Morgan fingerprint density at radius 3 is 3.17 bits per heavy atom. The lowest BCUT2D eigenvalue weighted by Gasteiger charge is -1.93. The molecule has 0 aliphatic rings. The number of hydrogen-bond donors (Lipinski definition) is 1. The molecule has 0 amide bonds. The zero-order valence-electron chi connectivity index (χ0n) is 6.57. The van der Waals surface area contributed by atoms with Crippen LogP contribution in [0.2, 0.25) is 0 Å². The van der Waals surface area contributed by atoms with Crippen molar-refractivity contribution < 1.29 is 0 Å². The van der Waals surface area contributed by atoms with Crippen LogP contribution in [0.5, 0.6) is 0 Å². The van der Waals surface area contributed by atoms with E-state index in [0.717, 1.165) is 5.56 Å². The molecule has 1 aromatic heterocycles. The van der Waals surface area contributed by atoms with Gasteiger partial charge in [-0.1, -0.05) is 18.2 Å². The van der Waals surface area contributed by atoms with Crippen LogP contribution in [-0.2, 0) is 0 Å².